The lowest BCUT2D eigenvalue weighted by atomic mass is 10.1. The third kappa shape index (κ3) is 5.11. The van der Waals surface area contributed by atoms with Crippen LogP contribution in [0.1, 0.15) is 5.56 Å². The van der Waals surface area contributed by atoms with Gasteiger partial charge in [-0.3, -0.25) is 4.79 Å². The number of piperazine rings is 1. The zero-order valence-electron chi connectivity index (χ0n) is 19.6. The molecule has 1 amide bonds. The van der Waals surface area contributed by atoms with Gasteiger partial charge in [0, 0.05) is 43.9 Å². The highest BCUT2D eigenvalue weighted by atomic mass is 16.5. The molecule has 1 saturated heterocycles. The number of carbonyl (C=O) groups excluding carboxylic acids is 1. The van der Waals surface area contributed by atoms with Crippen molar-refractivity contribution < 1.29 is 19.0 Å². The van der Waals surface area contributed by atoms with Crippen molar-refractivity contribution in [2.75, 3.05) is 52.4 Å². The molecule has 1 fully saturated rings. The Balaban J connectivity index is 1.39. The second kappa shape index (κ2) is 10.7. The molecular formula is C26H28N4O4. The Morgan fingerprint density at radius 1 is 0.882 bits per heavy atom. The molecule has 0 unspecified atom stereocenters. The summed E-state index contributed by atoms with van der Waals surface area (Å²) in [5.41, 5.74) is 2.73. The van der Waals surface area contributed by atoms with Crippen molar-refractivity contribution >= 4 is 17.8 Å². The fourth-order valence-corrected chi connectivity index (χ4v) is 3.91. The lowest BCUT2D eigenvalue weighted by Gasteiger charge is -2.35. The number of benzene rings is 2. The predicted octanol–water partition coefficient (Wildman–Crippen LogP) is 3.53. The van der Waals surface area contributed by atoms with E-state index in [0.717, 1.165) is 22.6 Å². The summed E-state index contributed by atoms with van der Waals surface area (Å²) in [5.74, 6) is 2.43. The summed E-state index contributed by atoms with van der Waals surface area (Å²) in [7, 11) is 4.69. The van der Waals surface area contributed by atoms with Gasteiger partial charge in [-0.25, -0.2) is 9.97 Å². The van der Waals surface area contributed by atoms with Crippen molar-refractivity contribution in [2.24, 2.45) is 0 Å². The van der Waals surface area contributed by atoms with Crippen LogP contribution in [-0.4, -0.2) is 68.3 Å². The fourth-order valence-electron chi connectivity index (χ4n) is 3.91. The van der Waals surface area contributed by atoms with E-state index in [9.17, 15) is 4.79 Å². The van der Waals surface area contributed by atoms with Gasteiger partial charge in [0.05, 0.1) is 27.0 Å². The van der Waals surface area contributed by atoms with Crippen LogP contribution in [0.4, 0.5) is 5.82 Å². The number of ether oxygens (including phenoxy) is 3. The summed E-state index contributed by atoms with van der Waals surface area (Å²) in [6.07, 6.45) is 4.93. The molecule has 1 aliphatic rings. The van der Waals surface area contributed by atoms with Crippen molar-refractivity contribution in [3.8, 4) is 28.5 Å². The SMILES string of the molecule is COc1cc(/C=C/C(=O)N2CCN(c3cc(-c4ccccc4)ncn3)CC2)cc(OC)c1OC. The molecule has 3 aromatic rings. The number of hydrogen-bond acceptors (Lipinski definition) is 7. The summed E-state index contributed by atoms with van der Waals surface area (Å²) in [6.45, 7) is 2.64. The summed E-state index contributed by atoms with van der Waals surface area (Å²) in [6, 6.07) is 15.6. The molecule has 176 valence electrons. The molecule has 0 atom stereocenters. The van der Waals surface area contributed by atoms with Crippen LogP contribution in [0.25, 0.3) is 17.3 Å². The van der Waals surface area contributed by atoms with Gasteiger partial charge in [0.2, 0.25) is 11.7 Å². The van der Waals surface area contributed by atoms with E-state index in [0.29, 0.717) is 43.4 Å². The van der Waals surface area contributed by atoms with Crippen molar-refractivity contribution in [1.29, 1.82) is 0 Å². The van der Waals surface area contributed by atoms with Crippen LogP contribution in [0.15, 0.2) is 60.9 Å². The average Bonchev–Trinajstić information content (AvgIpc) is 2.91. The minimum atomic E-state index is -0.0407. The number of nitrogens with zero attached hydrogens (tertiary/aromatic N) is 4. The largest absolute Gasteiger partial charge is 0.493 e. The van der Waals surface area contributed by atoms with Gasteiger partial charge in [-0.15, -0.1) is 0 Å². The number of hydrogen-bond donors (Lipinski definition) is 0. The molecule has 2 aromatic carbocycles. The van der Waals surface area contributed by atoms with Crippen LogP contribution in [0, 0.1) is 0 Å². The lowest BCUT2D eigenvalue weighted by molar-refractivity contribution is -0.126. The molecule has 34 heavy (non-hydrogen) atoms. The molecule has 2 heterocycles. The Bertz CT molecular complexity index is 1130. The van der Waals surface area contributed by atoms with E-state index in [4.69, 9.17) is 14.2 Å². The first-order chi connectivity index (χ1) is 16.6. The maximum Gasteiger partial charge on any atom is 0.246 e. The number of rotatable bonds is 7. The highest BCUT2D eigenvalue weighted by molar-refractivity contribution is 5.92. The van der Waals surface area contributed by atoms with Gasteiger partial charge in [-0.05, 0) is 23.8 Å². The van der Waals surface area contributed by atoms with Gasteiger partial charge in [0.25, 0.3) is 0 Å². The number of aromatic nitrogens is 2. The Hall–Kier alpha value is -4.07. The molecular weight excluding hydrogens is 432 g/mol. The van der Waals surface area contributed by atoms with E-state index in [1.807, 2.05) is 53.4 Å². The second-order valence-corrected chi connectivity index (χ2v) is 7.73. The van der Waals surface area contributed by atoms with Gasteiger partial charge in [-0.1, -0.05) is 30.3 Å². The van der Waals surface area contributed by atoms with E-state index in [2.05, 4.69) is 14.9 Å². The second-order valence-electron chi connectivity index (χ2n) is 7.73. The van der Waals surface area contributed by atoms with Crippen molar-refractivity contribution in [1.82, 2.24) is 14.9 Å². The molecule has 0 radical (unpaired) electrons. The van der Waals surface area contributed by atoms with E-state index in [1.165, 1.54) is 0 Å². The van der Waals surface area contributed by atoms with Crippen LogP contribution in [-0.2, 0) is 4.79 Å². The van der Waals surface area contributed by atoms with Crippen LogP contribution in [0.3, 0.4) is 0 Å². The lowest BCUT2D eigenvalue weighted by Crippen LogP contribution is -2.48. The fraction of sp³-hybridized carbons (Fsp3) is 0.269. The Labute approximate surface area is 199 Å². The molecule has 0 bridgehead atoms. The average molecular weight is 461 g/mol. The topological polar surface area (TPSA) is 77.0 Å². The summed E-state index contributed by atoms with van der Waals surface area (Å²) in [5, 5.41) is 0. The number of methoxy groups -OCH3 is 3. The maximum absolute atomic E-state index is 12.8. The zero-order valence-corrected chi connectivity index (χ0v) is 19.6. The van der Waals surface area contributed by atoms with Crippen LogP contribution in [0.2, 0.25) is 0 Å². The molecule has 1 aliphatic heterocycles. The summed E-state index contributed by atoms with van der Waals surface area (Å²) >= 11 is 0. The number of anilines is 1. The first kappa shape index (κ1) is 23.1. The number of amides is 1. The van der Waals surface area contributed by atoms with Gasteiger partial charge in [-0.2, -0.15) is 0 Å². The highest BCUT2D eigenvalue weighted by Crippen LogP contribution is 2.38. The molecule has 1 aromatic heterocycles. The van der Waals surface area contributed by atoms with Crippen molar-refractivity contribution in [3.63, 3.8) is 0 Å². The Morgan fingerprint density at radius 3 is 2.18 bits per heavy atom. The minimum Gasteiger partial charge on any atom is -0.493 e. The predicted molar refractivity (Wildman–Crippen MR) is 131 cm³/mol. The Kier molecular flexibility index (Phi) is 7.27. The van der Waals surface area contributed by atoms with E-state index >= 15 is 0 Å². The highest BCUT2D eigenvalue weighted by Gasteiger charge is 2.21. The summed E-state index contributed by atoms with van der Waals surface area (Å²) in [4.78, 5) is 25.7. The molecule has 0 N–H and O–H groups in total. The first-order valence-electron chi connectivity index (χ1n) is 11.0. The Morgan fingerprint density at radius 2 is 1.56 bits per heavy atom. The summed E-state index contributed by atoms with van der Waals surface area (Å²) < 4.78 is 16.1. The van der Waals surface area contributed by atoms with E-state index in [1.54, 1.807) is 39.8 Å². The quantitative estimate of drug-likeness (QED) is 0.499. The zero-order chi connectivity index (χ0) is 23.9. The smallest absolute Gasteiger partial charge is 0.246 e. The van der Waals surface area contributed by atoms with E-state index < -0.39 is 0 Å². The van der Waals surface area contributed by atoms with Gasteiger partial charge in [0.15, 0.2) is 11.5 Å². The molecule has 0 aliphatic carbocycles. The maximum atomic E-state index is 12.8. The van der Waals surface area contributed by atoms with Gasteiger partial charge < -0.3 is 24.0 Å². The molecule has 0 spiro atoms. The number of carbonyl (C=O) groups is 1. The third-order valence-electron chi connectivity index (χ3n) is 5.74. The van der Waals surface area contributed by atoms with Gasteiger partial charge >= 0.3 is 0 Å². The standard InChI is InChI=1S/C26H28N4O4/c1-32-22-15-19(16-23(33-2)26(22)34-3)9-10-25(31)30-13-11-29(12-14-30)24-17-21(27-18-28-24)20-7-5-4-6-8-20/h4-10,15-18H,11-14H2,1-3H3/b10-9+. The molecule has 0 saturated carbocycles. The third-order valence-corrected chi connectivity index (χ3v) is 5.74. The van der Waals surface area contributed by atoms with Crippen LogP contribution in [0.5, 0.6) is 17.2 Å². The van der Waals surface area contributed by atoms with Gasteiger partial charge in [0.1, 0.15) is 12.1 Å². The van der Waals surface area contributed by atoms with Crippen LogP contribution < -0.4 is 19.1 Å². The van der Waals surface area contributed by atoms with Crippen molar-refractivity contribution in [3.05, 3.63) is 66.5 Å². The van der Waals surface area contributed by atoms with Crippen molar-refractivity contribution in [2.45, 2.75) is 0 Å². The first-order valence-corrected chi connectivity index (χ1v) is 11.0. The normalized spacial score (nSPS) is 13.7. The van der Waals surface area contributed by atoms with E-state index in [-0.39, 0.29) is 5.91 Å². The molecule has 4 rings (SSSR count). The molecule has 8 heteroatoms. The van der Waals surface area contributed by atoms with Crippen LogP contribution >= 0.6 is 0 Å². The minimum absolute atomic E-state index is 0.0407. The monoisotopic (exact) mass is 460 g/mol. The molecule has 8 nitrogen and oxygen atoms in total.